The fraction of sp³-hybridized carbons (Fsp3) is 0.400. The van der Waals surface area contributed by atoms with Crippen LogP contribution in [0.25, 0.3) is 0 Å². The van der Waals surface area contributed by atoms with Crippen molar-refractivity contribution in [3.63, 3.8) is 0 Å². The van der Waals surface area contributed by atoms with Crippen molar-refractivity contribution >= 4 is 6.29 Å². The van der Waals surface area contributed by atoms with E-state index in [0.29, 0.717) is 37.6 Å². The molecule has 0 aromatic carbocycles. The average Bonchev–Trinajstić information content (AvgIpc) is 2.38. The molecule has 0 unspecified atom stereocenters. The number of ether oxygens (including phenoxy) is 2. The first-order valence-electron chi connectivity index (χ1n) is 5.82. The molecule has 0 rings (SSSR count). The third-order valence-electron chi connectivity index (χ3n) is 2.74. The molecule has 100 valence electrons. The fourth-order valence-electron chi connectivity index (χ4n) is 1.42. The highest BCUT2D eigenvalue weighted by atomic mass is 16.5. The zero-order valence-electron chi connectivity index (χ0n) is 11.1. The first kappa shape index (κ1) is 16.2. The smallest absolute Gasteiger partial charge is 0.120 e. The van der Waals surface area contributed by atoms with Gasteiger partial charge in [0, 0.05) is 6.42 Å². The molecule has 0 saturated carbocycles. The van der Waals surface area contributed by atoms with E-state index in [1.807, 2.05) is 6.92 Å². The predicted molar refractivity (Wildman–Crippen MR) is 74.0 cm³/mol. The Hall–Kier alpha value is -1.77. The van der Waals surface area contributed by atoms with Crippen molar-refractivity contribution in [3.05, 3.63) is 50.0 Å². The first-order valence-corrected chi connectivity index (χ1v) is 5.82. The van der Waals surface area contributed by atoms with Crippen LogP contribution in [0, 0.1) is 5.41 Å². The summed E-state index contributed by atoms with van der Waals surface area (Å²) in [4.78, 5) is 10.6. The normalized spacial score (nSPS) is 10.3. The van der Waals surface area contributed by atoms with Crippen LogP contribution < -0.4 is 0 Å². The molecule has 0 amide bonds. The zero-order chi connectivity index (χ0) is 14.0. The van der Waals surface area contributed by atoms with Crippen molar-refractivity contribution < 1.29 is 14.3 Å². The molecule has 3 nitrogen and oxygen atoms in total. The van der Waals surface area contributed by atoms with Crippen LogP contribution in [0.1, 0.15) is 19.8 Å². The molecule has 0 bridgehead atoms. The summed E-state index contributed by atoms with van der Waals surface area (Å²) in [6, 6.07) is 0. The number of aldehydes is 1. The van der Waals surface area contributed by atoms with Crippen molar-refractivity contribution in [3.8, 4) is 0 Å². The molecule has 0 fully saturated rings. The van der Waals surface area contributed by atoms with Gasteiger partial charge in [0.25, 0.3) is 0 Å². The summed E-state index contributed by atoms with van der Waals surface area (Å²) in [7, 11) is 0. The third kappa shape index (κ3) is 4.62. The van der Waals surface area contributed by atoms with E-state index in [2.05, 4.69) is 26.3 Å². The van der Waals surface area contributed by atoms with Crippen molar-refractivity contribution in [2.75, 3.05) is 13.2 Å². The van der Waals surface area contributed by atoms with Gasteiger partial charge in [-0.1, -0.05) is 38.5 Å². The summed E-state index contributed by atoms with van der Waals surface area (Å²) in [5.41, 5.74) is -0.590. The Bertz CT molecular complexity index is 305. The Morgan fingerprint density at radius 1 is 1.11 bits per heavy atom. The van der Waals surface area contributed by atoms with Gasteiger partial charge in [0.15, 0.2) is 0 Å². The van der Waals surface area contributed by atoms with Gasteiger partial charge in [0.2, 0.25) is 0 Å². The van der Waals surface area contributed by atoms with Crippen LogP contribution in [0.15, 0.2) is 50.0 Å². The molecule has 0 aromatic heterocycles. The van der Waals surface area contributed by atoms with E-state index >= 15 is 0 Å². The minimum Gasteiger partial charge on any atom is -0.493 e. The lowest BCUT2D eigenvalue weighted by molar-refractivity contribution is -0.108. The molecule has 0 aliphatic carbocycles. The van der Waals surface area contributed by atoms with Gasteiger partial charge in [0.05, 0.1) is 5.41 Å². The van der Waals surface area contributed by atoms with Crippen molar-refractivity contribution in [1.29, 1.82) is 0 Å². The maximum Gasteiger partial charge on any atom is 0.120 e. The minimum atomic E-state index is -0.590. The summed E-state index contributed by atoms with van der Waals surface area (Å²) < 4.78 is 10.9. The molecule has 3 heteroatoms. The van der Waals surface area contributed by atoms with E-state index in [0.717, 1.165) is 6.29 Å². The highest BCUT2D eigenvalue weighted by Gasteiger charge is 2.33. The van der Waals surface area contributed by atoms with Crippen molar-refractivity contribution in [1.82, 2.24) is 0 Å². The summed E-state index contributed by atoms with van der Waals surface area (Å²) in [6.45, 7) is 17.6. The molecule has 0 radical (unpaired) electrons. The molecule has 0 saturated heterocycles. The van der Waals surface area contributed by atoms with Crippen LogP contribution in [-0.2, 0) is 14.3 Å². The Morgan fingerprint density at radius 3 is 1.89 bits per heavy atom. The second-order valence-corrected chi connectivity index (χ2v) is 4.08. The third-order valence-corrected chi connectivity index (χ3v) is 2.74. The molecule has 0 aliphatic rings. The maximum absolute atomic E-state index is 10.6. The average molecular weight is 250 g/mol. The molecule has 18 heavy (non-hydrogen) atoms. The van der Waals surface area contributed by atoms with E-state index < -0.39 is 5.41 Å². The molecule has 0 atom stereocenters. The SMILES string of the molecule is C=CCOC(=C)C(C)(CCC=O)C(=C)OCC=C. The van der Waals surface area contributed by atoms with Gasteiger partial charge in [-0.05, 0) is 13.3 Å². The summed E-state index contributed by atoms with van der Waals surface area (Å²) in [5, 5.41) is 0. The van der Waals surface area contributed by atoms with Gasteiger partial charge >= 0.3 is 0 Å². The van der Waals surface area contributed by atoms with Gasteiger partial charge in [-0.2, -0.15) is 0 Å². The Balaban J connectivity index is 4.83. The van der Waals surface area contributed by atoms with Gasteiger partial charge in [-0.15, -0.1) is 0 Å². The number of hydrogen-bond donors (Lipinski definition) is 0. The summed E-state index contributed by atoms with van der Waals surface area (Å²) in [6.07, 6.45) is 5.07. The van der Waals surface area contributed by atoms with Gasteiger partial charge in [0.1, 0.15) is 31.0 Å². The van der Waals surface area contributed by atoms with Crippen LogP contribution in [0.4, 0.5) is 0 Å². The lowest BCUT2D eigenvalue weighted by Crippen LogP contribution is -2.25. The second kappa shape index (κ2) is 8.34. The van der Waals surface area contributed by atoms with Crippen molar-refractivity contribution in [2.45, 2.75) is 19.8 Å². The number of rotatable bonds is 11. The van der Waals surface area contributed by atoms with E-state index in [-0.39, 0.29) is 0 Å². The molecule has 0 N–H and O–H groups in total. The van der Waals surface area contributed by atoms with E-state index in [4.69, 9.17) is 9.47 Å². The number of hydrogen-bond acceptors (Lipinski definition) is 3. The van der Waals surface area contributed by atoms with Gasteiger partial charge in [-0.25, -0.2) is 0 Å². The monoisotopic (exact) mass is 250 g/mol. The molecule has 0 spiro atoms. The summed E-state index contributed by atoms with van der Waals surface area (Å²) in [5.74, 6) is 1.05. The molecule has 0 aliphatic heterocycles. The van der Waals surface area contributed by atoms with Gasteiger partial charge < -0.3 is 14.3 Å². The predicted octanol–water partition coefficient (Wildman–Crippen LogP) is 3.40. The van der Waals surface area contributed by atoms with E-state index in [1.165, 1.54) is 0 Å². The van der Waals surface area contributed by atoms with Gasteiger partial charge in [-0.3, -0.25) is 0 Å². The van der Waals surface area contributed by atoms with Crippen LogP contribution in [0.3, 0.4) is 0 Å². The Morgan fingerprint density at radius 2 is 1.56 bits per heavy atom. The van der Waals surface area contributed by atoms with E-state index in [9.17, 15) is 4.79 Å². The molecule has 0 heterocycles. The maximum atomic E-state index is 10.6. The second-order valence-electron chi connectivity index (χ2n) is 4.08. The Labute approximate surface area is 109 Å². The largest absolute Gasteiger partial charge is 0.493 e. The molecular weight excluding hydrogens is 228 g/mol. The standard InChI is InChI=1S/C15H22O3/c1-6-11-17-13(3)15(5,9-8-10-16)14(4)18-12-7-2/h6-7,10H,1-4,8-9,11-12H2,5H3. The number of carbonyl (C=O) groups is 1. The topological polar surface area (TPSA) is 35.5 Å². The van der Waals surface area contributed by atoms with E-state index in [1.54, 1.807) is 12.2 Å². The van der Waals surface area contributed by atoms with Crippen LogP contribution in [-0.4, -0.2) is 19.5 Å². The Kier molecular flexibility index (Phi) is 7.52. The molecular formula is C15H22O3. The van der Waals surface area contributed by atoms with Crippen LogP contribution in [0.5, 0.6) is 0 Å². The highest BCUT2D eigenvalue weighted by Crippen LogP contribution is 2.39. The minimum absolute atomic E-state index is 0.365. The quantitative estimate of drug-likeness (QED) is 0.320. The fourth-order valence-corrected chi connectivity index (χ4v) is 1.42. The first-order chi connectivity index (χ1) is 8.52. The highest BCUT2D eigenvalue weighted by molar-refractivity contribution is 5.49. The van der Waals surface area contributed by atoms with Crippen LogP contribution >= 0.6 is 0 Å². The summed E-state index contributed by atoms with van der Waals surface area (Å²) >= 11 is 0. The zero-order valence-corrected chi connectivity index (χ0v) is 11.1. The lowest BCUT2D eigenvalue weighted by Gasteiger charge is -2.32. The van der Waals surface area contributed by atoms with Crippen LogP contribution in [0.2, 0.25) is 0 Å². The lowest BCUT2D eigenvalue weighted by atomic mass is 9.82. The number of carbonyl (C=O) groups excluding carboxylic acids is 1. The molecule has 0 aromatic rings. The van der Waals surface area contributed by atoms with Crippen molar-refractivity contribution in [2.24, 2.45) is 5.41 Å².